The van der Waals surface area contributed by atoms with E-state index in [1.54, 1.807) is 23.7 Å². The van der Waals surface area contributed by atoms with Gasteiger partial charge >= 0.3 is 0 Å². The van der Waals surface area contributed by atoms with Gasteiger partial charge in [-0.3, -0.25) is 0 Å². The van der Waals surface area contributed by atoms with E-state index in [1.807, 2.05) is 13.8 Å². The van der Waals surface area contributed by atoms with Crippen molar-refractivity contribution in [3.63, 3.8) is 0 Å². The average Bonchev–Trinajstić information content (AvgIpc) is 2.90. The van der Waals surface area contributed by atoms with Crippen molar-refractivity contribution in [2.75, 3.05) is 5.73 Å². The molecule has 0 fully saturated rings. The fourth-order valence-electron chi connectivity index (χ4n) is 2.33. The molecule has 0 aliphatic rings. The van der Waals surface area contributed by atoms with Crippen LogP contribution in [0.3, 0.4) is 0 Å². The highest BCUT2D eigenvalue weighted by Crippen LogP contribution is 2.25. The lowest BCUT2D eigenvalue weighted by Gasteiger charge is -2.05. The highest BCUT2D eigenvalue weighted by molar-refractivity contribution is 5.86. The molecule has 3 aromatic rings. The van der Waals surface area contributed by atoms with Gasteiger partial charge in [0.1, 0.15) is 17.7 Å². The molecule has 0 spiro atoms. The van der Waals surface area contributed by atoms with Crippen molar-refractivity contribution in [1.82, 2.24) is 19.5 Å². The van der Waals surface area contributed by atoms with Crippen molar-refractivity contribution in [1.29, 1.82) is 0 Å². The molecule has 2 aromatic heterocycles. The van der Waals surface area contributed by atoms with Gasteiger partial charge in [-0.2, -0.15) is 0 Å². The van der Waals surface area contributed by atoms with Crippen LogP contribution < -0.4 is 5.73 Å². The molecular formula is C18H19ClFN5O. The SMILES string of the molecule is CC(C)C(O)C#Cc1nc(N)c2nc(-c3cccc(F)c3)n(C)c2n1.Cl. The van der Waals surface area contributed by atoms with E-state index in [0.29, 0.717) is 22.6 Å². The van der Waals surface area contributed by atoms with Crippen molar-refractivity contribution in [2.24, 2.45) is 13.0 Å². The van der Waals surface area contributed by atoms with Crippen LogP contribution in [0.1, 0.15) is 19.7 Å². The van der Waals surface area contributed by atoms with Crippen molar-refractivity contribution >= 4 is 29.4 Å². The van der Waals surface area contributed by atoms with Gasteiger partial charge in [0.25, 0.3) is 0 Å². The van der Waals surface area contributed by atoms with Crippen molar-refractivity contribution in [2.45, 2.75) is 20.0 Å². The molecule has 3 N–H and O–H groups in total. The van der Waals surface area contributed by atoms with Gasteiger partial charge in [0.2, 0.25) is 5.82 Å². The number of nitrogens with two attached hydrogens (primary N) is 1. The summed E-state index contributed by atoms with van der Waals surface area (Å²) in [7, 11) is 1.77. The third-order valence-electron chi connectivity index (χ3n) is 3.79. The Labute approximate surface area is 156 Å². The number of nitrogen functional groups attached to an aromatic ring is 1. The summed E-state index contributed by atoms with van der Waals surface area (Å²) < 4.78 is 15.2. The van der Waals surface area contributed by atoms with E-state index in [1.165, 1.54) is 12.1 Å². The Bertz CT molecular complexity index is 1010. The van der Waals surface area contributed by atoms with Crippen LogP contribution in [0.5, 0.6) is 0 Å². The zero-order valence-electron chi connectivity index (χ0n) is 14.6. The lowest BCUT2D eigenvalue weighted by atomic mass is 10.1. The van der Waals surface area contributed by atoms with Crippen LogP contribution in [0.25, 0.3) is 22.6 Å². The predicted octanol–water partition coefficient (Wildman–Crippen LogP) is 2.54. The first-order valence-corrected chi connectivity index (χ1v) is 7.82. The Balaban J connectivity index is 0.00000243. The molecular weight excluding hydrogens is 357 g/mol. The summed E-state index contributed by atoms with van der Waals surface area (Å²) in [5.74, 6) is 6.02. The number of imidazole rings is 1. The number of aliphatic hydroxyl groups excluding tert-OH is 1. The van der Waals surface area contributed by atoms with Crippen LogP contribution in [-0.4, -0.2) is 30.7 Å². The molecule has 3 rings (SSSR count). The van der Waals surface area contributed by atoms with Crippen LogP contribution in [0.2, 0.25) is 0 Å². The first-order valence-electron chi connectivity index (χ1n) is 7.82. The molecule has 1 aromatic carbocycles. The summed E-state index contributed by atoms with van der Waals surface area (Å²) in [6.45, 7) is 3.73. The summed E-state index contributed by atoms with van der Waals surface area (Å²) >= 11 is 0. The Morgan fingerprint density at radius 2 is 1.96 bits per heavy atom. The van der Waals surface area contributed by atoms with Gasteiger partial charge in [0.15, 0.2) is 17.0 Å². The number of hydrogen-bond donors (Lipinski definition) is 2. The highest BCUT2D eigenvalue weighted by Gasteiger charge is 2.15. The van der Waals surface area contributed by atoms with Gasteiger partial charge in [-0.1, -0.05) is 31.9 Å². The third kappa shape index (κ3) is 3.77. The van der Waals surface area contributed by atoms with Gasteiger partial charge < -0.3 is 15.4 Å². The number of aryl methyl sites for hydroxylation is 1. The molecule has 0 saturated carbocycles. The topological polar surface area (TPSA) is 89.9 Å². The van der Waals surface area contributed by atoms with Gasteiger partial charge in [-0.05, 0) is 24.0 Å². The number of hydrogen-bond acceptors (Lipinski definition) is 5. The number of aliphatic hydroxyl groups is 1. The molecule has 0 aliphatic heterocycles. The number of rotatable bonds is 2. The molecule has 0 radical (unpaired) electrons. The number of benzene rings is 1. The van der Waals surface area contributed by atoms with Crippen LogP contribution >= 0.6 is 12.4 Å². The summed E-state index contributed by atoms with van der Waals surface area (Å²) in [5.41, 5.74) is 7.52. The molecule has 6 nitrogen and oxygen atoms in total. The molecule has 0 amide bonds. The maximum atomic E-state index is 13.5. The molecule has 136 valence electrons. The molecule has 0 bridgehead atoms. The maximum Gasteiger partial charge on any atom is 0.209 e. The average molecular weight is 376 g/mol. The van der Waals surface area contributed by atoms with Crippen molar-refractivity contribution < 1.29 is 9.50 Å². The number of fused-ring (bicyclic) bond motifs is 1. The van der Waals surface area contributed by atoms with Crippen LogP contribution in [0.4, 0.5) is 10.2 Å². The first kappa shape index (κ1) is 19.6. The van der Waals surface area contributed by atoms with Crippen LogP contribution in [0, 0.1) is 23.6 Å². The fourth-order valence-corrected chi connectivity index (χ4v) is 2.33. The molecule has 0 saturated heterocycles. The monoisotopic (exact) mass is 375 g/mol. The van der Waals surface area contributed by atoms with Gasteiger partial charge in [0.05, 0.1) is 0 Å². The minimum atomic E-state index is -0.769. The van der Waals surface area contributed by atoms with E-state index in [9.17, 15) is 9.50 Å². The van der Waals surface area contributed by atoms with E-state index in [2.05, 4.69) is 26.8 Å². The predicted molar refractivity (Wildman–Crippen MR) is 101 cm³/mol. The minimum Gasteiger partial charge on any atom is -0.382 e. The lowest BCUT2D eigenvalue weighted by molar-refractivity contribution is 0.181. The summed E-state index contributed by atoms with van der Waals surface area (Å²) in [4.78, 5) is 12.9. The summed E-state index contributed by atoms with van der Waals surface area (Å²) in [6.07, 6.45) is -0.769. The van der Waals surface area contributed by atoms with E-state index >= 15 is 0 Å². The second-order valence-electron chi connectivity index (χ2n) is 6.07. The fraction of sp³-hybridized carbons (Fsp3) is 0.278. The highest BCUT2D eigenvalue weighted by atomic mass is 35.5. The van der Waals surface area contributed by atoms with Crippen LogP contribution in [-0.2, 0) is 7.05 Å². The normalized spacial score (nSPS) is 11.8. The first-order chi connectivity index (χ1) is 11.9. The number of nitrogens with zero attached hydrogens (tertiary/aromatic N) is 4. The Morgan fingerprint density at radius 3 is 2.62 bits per heavy atom. The van der Waals surface area contributed by atoms with Gasteiger partial charge in [-0.15, -0.1) is 12.4 Å². The van der Waals surface area contributed by atoms with Crippen molar-refractivity contribution in [3.8, 4) is 23.2 Å². The minimum absolute atomic E-state index is 0. The molecule has 1 unspecified atom stereocenters. The Kier molecular flexibility index (Phi) is 5.80. The van der Waals surface area contributed by atoms with Crippen LogP contribution in [0.15, 0.2) is 24.3 Å². The van der Waals surface area contributed by atoms with E-state index in [0.717, 1.165) is 0 Å². The quantitative estimate of drug-likeness (QED) is 0.672. The lowest BCUT2D eigenvalue weighted by Crippen LogP contribution is -2.11. The summed E-state index contributed by atoms with van der Waals surface area (Å²) in [6, 6.07) is 6.13. The summed E-state index contributed by atoms with van der Waals surface area (Å²) in [5, 5.41) is 9.79. The van der Waals surface area contributed by atoms with Gasteiger partial charge in [0, 0.05) is 12.6 Å². The number of anilines is 1. The molecule has 26 heavy (non-hydrogen) atoms. The van der Waals surface area contributed by atoms with Gasteiger partial charge in [-0.25, -0.2) is 19.3 Å². The molecule has 1 atom stereocenters. The van der Waals surface area contributed by atoms with E-state index in [-0.39, 0.29) is 35.8 Å². The number of aromatic nitrogens is 4. The zero-order valence-corrected chi connectivity index (χ0v) is 15.4. The van der Waals surface area contributed by atoms with E-state index < -0.39 is 6.10 Å². The van der Waals surface area contributed by atoms with Crippen molar-refractivity contribution in [3.05, 3.63) is 35.9 Å². The second kappa shape index (κ2) is 7.68. The van der Waals surface area contributed by atoms with E-state index in [4.69, 9.17) is 5.73 Å². The molecule has 2 heterocycles. The standard InChI is InChI=1S/C18H18FN5O.ClH/c1-10(2)13(25)7-8-14-21-16(20)15-18(22-14)24(3)17(23-15)11-5-4-6-12(19)9-11;/h4-6,9-10,13,25H,1-3H3,(H2,20,21,22);1H. The molecule has 8 heteroatoms. The maximum absolute atomic E-state index is 13.5. The third-order valence-corrected chi connectivity index (χ3v) is 3.79. The second-order valence-corrected chi connectivity index (χ2v) is 6.07. The largest absolute Gasteiger partial charge is 0.382 e. The smallest absolute Gasteiger partial charge is 0.209 e. The zero-order chi connectivity index (χ0) is 18.1. The number of halogens is 2. The molecule has 0 aliphatic carbocycles. The Hall–Kier alpha value is -2.69. The Morgan fingerprint density at radius 1 is 1.23 bits per heavy atom.